The molecule has 1 amide bonds. The van der Waals surface area contributed by atoms with E-state index in [1.165, 1.54) is 10.4 Å². The summed E-state index contributed by atoms with van der Waals surface area (Å²) in [6, 6.07) is 18.8. The van der Waals surface area contributed by atoms with Gasteiger partial charge in [0.05, 0.1) is 24.2 Å². The Hall–Kier alpha value is -2.74. The molecule has 0 saturated carbocycles. The van der Waals surface area contributed by atoms with Crippen molar-refractivity contribution in [3.05, 3.63) is 77.4 Å². The summed E-state index contributed by atoms with van der Waals surface area (Å²) in [6.45, 7) is 5.24. The van der Waals surface area contributed by atoms with Gasteiger partial charge in [-0.2, -0.15) is 4.31 Å². The molecule has 6 nitrogen and oxygen atoms in total. The highest BCUT2D eigenvalue weighted by molar-refractivity contribution is 7.89. The molecule has 1 N–H and O–H groups in total. The number of nitrogens with one attached hydrogen (secondary N) is 1. The highest BCUT2D eigenvalue weighted by atomic mass is 32.2. The van der Waals surface area contributed by atoms with E-state index in [0.717, 1.165) is 16.3 Å². The molecule has 168 valence electrons. The van der Waals surface area contributed by atoms with Crippen LogP contribution in [0, 0.1) is 0 Å². The van der Waals surface area contributed by atoms with Crippen LogP contribution in [0.4, 0.5) is 0 Å². The number of carbonyl (C=O) groups is 1. The molecule has 0 aliphatic carbocycles. The van der Waals surface area contributed by atoms with Crippen molar-refractivity contribution in [2.45, 2.75) is 31.2 Å². The van der Waals surface area contributed by atoms with Crippen LogP contribution in [0.2, 0.25) is 0 Å². The largest absolute Gasteiger partial charge is 0.379 e. The van der Waals surface area contributed by atoms with E-state index in [1.54, 1.807) is 12.1 Å². The second kappa shape index (κ2) is 9.40. The van der Waals surface area contributed by atoms with Gasteiger partial charge in [-0.25, -0.2) is 8.42 Å². The third-order valence-electron chi connectivity index (χ3n) is 5.94. The Morgan fingerprint density at radius 1 is 1.06 bits per heavy atom. The lowest BCUT2D eigenvalue weighted by atomic mass is 9.99. The first-order chi connectivity index (χ1) is 15.4. The van der Waals surface area contributed by atoms with Gasteiger partial charge in [0, 0.05) is 18.7 Å². The number of hydrogen-bond acceptors (Lipinski definition) is 4. The molecule has 0 radical (unpaired) electrons. The van der Waals surface area contributed by atoms with Gasteiger partial charge in [-0.3, -0.25) is 4.79 Å². The van der Waals surface area contributed by atoms with Crippen molar-refractivity contribution < 1.29 is 17.9 Å². The van der Waals surface area contributed by atoms with Crippen LogP contribution >= 0.6 is 0 Å². The van der Waals surface area contributed by atoms with Gasteiger partial charge in [0.1, 0.15) is 0 Å². The number of rotatable bonds is 6. The van der Waals surface area contributed by atoms with E-state index in [-0.39, 0.29) is 16.8 Å². The minimum atomic E-state index is -3.70. The Bertz CT molecular complexity index is 1230. The summed E-state index contributed by atoms with van der Waals surface area (Å²) in [4.78, 5) is 13.3. The van der Waals surface area contributed by atoms with Crippen LogP contribution in [-0.2, 0) is 21.2 Å². The van der Waals surface area contributed by atoms with Crippen molar-refractivity contribution in [2.24, 2.45) is 0 Å². The lowest BCUT2D eigenvalue weighted by molar-refractivity contribution is 0.0730. The first kappa shape index (κ1) is 22.5. The Morgan fingerprint density at radius 2 is 1.78 bits per heavy atom. The standard InChI is InChI=1S/C25H28N2O4S/c1-3-19-11-12-21(17-24(19)32(29,30)27-13-15-31-16-14-27)25(28)26-18(2)22-10-6-8-20-7-4-5-9-23(20)22/h4-12,17-18H,3,13-16H2,1-2H3,(H,26,28). The fraction of sp³-hybridized carbons (Fsp3) is 0.320. The number of ether oxygens (including phenoxy) is 1. The molecular formula is C25H28N2O4S. The van der Waals surface area contributed by atoms with E-state index in [0.29, 0.717) is 43.9 Å². The van der Waals surface area contributed by atoms with Gasteiger partial charge < -0.3 is 10.1 Å². The average Bonchev–Trinajstić information content (AvgIpc) is 2.83. The molecule has 1 fully saturated rings. The zero-order chi connectivity index (χ0) is 22.7. The molecule has 1 atom stereocenters. The quantitative estimate of drug-likeness (QED) is 0.615. The smallest absolute Gasteiger partial charge is 0.251 e. The van der Waals surface area contributed by atoms with Crippen LogP contribution < -0.4 is 5.32 Å². The van der Waals surface area contributed by atoms with Gasteiger partial charge in [-0.05, 0) is 47.4 Å². The molecule has 1 unspecified atom stereocenters. The summed E-state index contributed by atoms with van der Waals surface area (Å²) >= 11 is 0. The summed E-state index contributed by atoms with van der Waals surface area (Å²) < 4.78 is 33.3. The van der Waals surface area contributed by atoms with Crippen molar-refractivity contribution in [1.82, 2.24) is 9.62 Å². The molecule has 1 aliphatic rings. The second-order valence-corrected chi connectivity index (χ2v) is 9.86. The normalized spacial score (nSPS) is 16.1. The van der Waals surface area contributed by atoms with Crippen molar-refractivity contribution >= 4 is 26.7 Å². The number of sulfonamides is 1. The van der Waals surface area contributed by atoms with Gasteiger partial charge in [-0.15, -0.1) is 0 Å². The molecule has 3 aromatic carbocycles. The summed E-state index contributed by atoms with van der Waals surface area (Å²) in [7, 11) is -3.70. The predicted octanol–water partition coefficient (Wildman–Crippen LogP) is 3.91. The maximum atomic E-state index is 13.3. The number of amides is 1. The van der Waals surface area contributed by atoms with Gasteiger partial charge in [0.15, 0.2) is 0 Å². The Balaban J connectivity index is 1.62. The van der Waals surface area contributed by atoms with Crippen molar-refractivity contribution in [1.29, 1.82) is 0 Å². The van der Waals surface area contributed by atoms with Gasteiger partial charge in [0.25, 0.3) is 5.91 Å². The van der Waals surface area contributed by atoms with E-state index in [9.17, 15) is 13.2 Å². The van der Waals surface area contributed by atoms with Gasteiger partial charge in [0.2, 0.25) is 10.0 Å². The van der Waals surface area contributed by atoms with Crippen molar-refractivity contribution in [3.63, 3.8) is 0 Å². The average molecular weight is 453 g/mol. The number of benzene rings is 3. The Labute approximate surface area is 189 Å². The third kappa shape index (κ3) is 4.41. The molecule has 0 aromatic heterocycles. The number of carbonyl (C=O) groups excluding carboxylic acids is 1. The second-order valence-electron chi connectivity index (χ2n) is 7.96. The lowest BCUT2D eigenvalue weighted by Crippen LogP contribution is -2.41. The molecule has 0 spiro atoms. The van der Waals surface area contributed by atoms with E-state index in [4.69, 9.17) is 4.74 Å². The van der Waals surface area contributed by atoms with Crippen LogP contribution in [0.1, 0.15) is 41.4 Å². The number of morpholine rings is 1. The maximum absolute atomic E-state index is 13.3. The number of hydrogen-bond donors (Lipinski definition) is 1. The van der Waals surface area contributed by atoms with Crippen LogP contribution in [0.5, 0.6) is 0 Å². The molecule has 4 rings (SSSR count). The Kier molecular flexibility index (Phi) is 6.60. The molecule has 1 heterocycles. The van der Waals surface area contributed by atoms with Gasteiger partial charge in [-0.1, -0.05) is 55.5 Å². The van der Waals surface area contributed by atoms with Crippen LogP contribution in [0.25, 0.3) is 10.8 Å². The zero-order valence-corrected chi connectivity index (χ0v) is 19.2. The summed E-state index contributed by atoms with van der Waals surface area (Å²) in [5, 5.41) is 5.22. The van der Waals surface area contributed by atoms with Gasteiger partial charge >= 0.3 is 0 Å². The lowest BCUT2D eigenvalue weighted by Gasteiger charge is -2.27. The van der Waals surface area contributed by atoms with Crippen LogP contribution in [0.3, 0.4) is 0 Å². The van der Waals surface area contributed by atoms with Crippen LogP contribution in [0.15, 0.2) is 65.6 Å². The first-order valence-electron chi connectivity index (χ1n) is 10.9. The number of fused-ring (bicyclic) bond motifs is 1. The number of nitrogens with zero attached hydrogens (tertiary/aromatic N) is 1. The predicted molar refractivity (Wildman–Crippen MR) is 125 cm³/mol. The third-order valence-corrected chi connectivity index (χ3v) is 7.92. The van der Waals surface area contributed by atoms with Crippen LogP contribution in [-0.4, -0.2) is 44.9 Å². The Morgan fingerprint density at radius 3 is 2.53 bits per heavy atom. The van der Waals surface area contributed by atoms with Crippen molar-refractivity contribution in [2.75, 3.05) is 26.3 Å². The summed E-state index contributed by atoms with van der Waals surface area (Å²) in [5.74, 6) is -0.300. The van der Waals surface area contributed by atoms with E-state index < -0.39 is 10.0 Å². The van der Waals surface area contributed by atoms with E-state index >= 15 is 0 Å². The van der Waals surface area contributed by atoms with Crippen molar-refractivity contribution in [3.8, 4) is 0 Å². The minimum Gasteiger partial charge on any atom is -0.379 e. The highest BCUT2D eigenvalue weighted by Crippen LogP contribution is 2.26. The fourth-order valence-corrected chi connectivity index (χ4v) is 5.87. The molecule has 1 aliphatic heterocycles. The topological polar surface area (TPSA) is 75.7 Å². The molecule has 32 heavy (non-hydrogen) atoms. The minimum absolute atomic E-state index is 0.201. The maximum Gasteiger partial charge on any atom is 0.251 e. The molecule has 1 saturated heterocycles. The summed E-state index contributed by atoms with van der Waals surface area (Å²) in [5.41, 5.74) is 2.05. The fourth-order valence-electron chi connectivity index (χ4n) is 4.14. The SMILES string of the molecule is CCc1ccc(C(=O)NC(C)c2cccc3ccccc23)cc1S(=O)(=O)N1CCOCC1. The monoisotopic (exact) mass is 452 g/mol. The highest BCUT2D eigenvalue weighted by Gasteiger charge is 2.29. The zero-order valence-electron chi connectivity index (χ0n) is 18.4. The summed E-state index contributed by atoms with van der Waals surface area (Å²) in [6.07, 6.45) is 0.563. The molecular weight excluding hydrogens is 424 g/mol. The van der Waals surface area contributed by atoms with E-state index in [2.05, 4.69) is 5.32 Å². The molecule has 3 aromatic rings. The first-order valence-corrected chi connectivity index (χ1v) is 12.3. The molecule has 7 heteroatoms. The molecule has 0 bridgehead atoms. The number of aryl methyl sites for hydroxylation is 1. The van der Waals surface area contributed by atoms with E-state index in [1.807, 2.05) is 56.3 Å².